The maximum Gasteiger partial charge on any atom is 0.269 e. The summed E-state index contributed by atoms with van der Waals surface area (Å²) in [6, 6.07) is 16.8. The number of amides is 1. The van der Waals surface area contributed by atoms with Gasteiger partial charge >= 0.3 is 0 Å². The highest BCUT2D eigenvalue weighted by Gasteiger charge is 2.19. The van der Waals surface area contributed by atoms with E-state index in [1.54, 1.807) is 24.3 Å². The largest absolute Gasteiger partial charge is 0.322 e. The standard InChI is InChI=1S/C19H13ClN2O5S/c20-18-4-2-1-3-17(18)19(23)21-13-5-9-15(10-6-13)28(26,27)16-11-7-14(8-12-16)22(24)25/h1-12H,(H,21,23). The van der Waals surface area contributed by atoms with Crippen LogP contribution in [0, 0.1) is 10.1 Å². The lowest BCUT2D eigenvalue weighted by Crippen LogP contribution is -2.12. The first-order valence-corrected chi connectivity index (χ1v) is 9.80. The number of hydrogen-bond donors (Lipinski definition) is 1. The summed E-state index contributed by atoms with van der Waals surface area (Å²) in [5, 5.41) is 13.6. The molecule has 0 spiro atoms. The topological polar surface area (TPSA) is 106 Å². The second kappa shape index (κ2) is 7.79. The molecule has 0 saturated heterocycles. The lowest BCUT2D eigenvalue weighted by molar-refractivity contribution is -0.384. The summed E-state index contributed by atoms with van der Waals surface area (Å²) < 4.78 is 25.3. The van der Waals surface area contributed by atoms with Crippen LogP contribution in [0.5, 0.6) is 0 Å². The van der Waals surface area contributed by atoms with E-state index in [2.05, 4.69) is 5.32 Å². The fraction of sp³-hybridized carbons (Fsp3) is 0. The molecule has 3 aromatic rings. The normalized spacial score (nSPS) is 11.0. The summed E-state index contributed by atoms with van der Waals surface area (Å²) in [5.74, 6) is -0.420. The van der Waals surface area contributed by atoms with Crippen molar-refractivity contribution in [3.05, 3.63) is 93.5 Å². The number of carbonyl (C=O) groups is 1. The van der Waals surface area contributed by atoms with Gasteiger partial charge in [0.2, 0.25) is 9.84 Å². The third-order valence-electron chi connectivity index (χ3n) is 3.90. The van der Waals surface area contributed by atoms with Crippen molar-refractivity contribution >= 4 is 38.7 Å². The number of rotatable bonds is 5. The molecular weight excluding hydrogens is 404 g/mol. The van der Waals surface area contributed by atoms with E-state index >= 15 is 0 Å². The number of nitro groups is 1. The minimum atomic E-state index is -3.84. The van der Waals surface area contributed by atoms with Gasteiger partial charge in [0, 0.05) is 17.8 Å². The van der Waals surface area contributed by atoms with Gasteiger partial charge in [-0.3, -0.25) is 14.9 Å². The zero-order chi connectivity index (χ0) is 20.3. The molecule has 3 rings (SSSR count). The molecule has 7 nitrogen and oxygen atoms in total. The maximum atomic E-state index is 12.6. The minimum absolute atomic E-state index is 0.00269. The van der Waals surface area contributed by atoms with Crippen molar-refractivity contribution in [3.63, 3.8) is 0 Å². The molecule has 0 saturated carbocycles. The van der Waals surface area contributed by atoms with Crippen LogP contribution >= 0.6 is 11.6 Å². The van der Waals surface area contributed by atoms with E-state index in [1.165, 1.54) is 36.4 Å². The van der Waals surface area contributed by atoms with Gasteiger partial charge in [-0.2, -0.15) is 0 Å². The highest BCUT2D eigenvalue weighted by atomic mass is 35.5. The Balaban J connectivity index is 1.80. The monoisotopic (exact) mass is 416 g/mol. The molecule has 0 aliphatic carbocycles. The number of sulfone groups is 1. The van der Waals surface area contributed by atoms with E-state index in [9.17, 15) is 23.3 Å². The lowest BCUT2D eigenvalue weighted by Gasteiger charge is -2.08. The second-order valence-electron chi connectivity index (χ2n) is 5.71. The Hall–Kier alpha value is -3.23. The van der Waals surface area contributed by atoms with Crippen molar-refractivity contribution in [1.29, 1.82) is 0 Å². The summed E-state index contributed by atoms with van der Waals surface area (Å²) in [6.07, 6.45) is 0. The molecule has 0 fully saturated rings. The van der Waals surface area contributed by atoms with Crippen LogP contribution < -0.4 is 5.32 Å². The predicted octanol–water partition coefficient (Wildman–Crippen LogP) is 4.33. The van der Waals surface area contributed by atoms with Crippen LogP contribution in [0.25, 0.3) is 0 Å². The minimum Gasteiger partial charge on any atom is -0.322 e. The SMILES string of the molecule is O=C(Nc1ccc(S(=O)(=O)c2ccc([N+](=O)[O-])cc2)cc1)c1ccccc1Cl. The lowest BCUT2D eigenvalue weighted by atomic mass is 10.2. The van der Waals surface area contributed by atoms with Crippen LogP contribution in [0.1, 0.15) is 10.4 Å². The van der Waals surface area contributed by atoms with Crippen molar-refractivity contribution in [1.82, 2.24) is 0 Å². The number of halogens is 1. The van der Waals surface area contributed by atoms with Gasteiger partial charge in [-0.05, 0) is 48.5 Å². The van der Waals surface area contributed by atoms with Gasteiger partial charge < -0.3 is 5.32 Å². The number of anilines is 1. The zero-order valence-corrected chi connectivity index (χ0v) is 15.8. The van der Waals surface area contributed by atoms with Gasteiger partial charge in [0.1, 0.15) is 0 Å². The number of carbonyl (C=O) groups excluding carboxylic acids is 1. The number of hydrogen-bond acceptors (Lipinski definition) is 5. The molecule has 0 heterocycles. The van der Waals surface area contributed by atoms with Crippen molar-refractivity contribution in [3.8, 4) is 0 Å². The highest BCUT2D eigenvalue weighted by Crippen LogP contribution is 2.25. The number of nitro benzene ring substituents is 1. The Bertz CT molecular complexity index is 1140. The molecule has 1 N–H and O–H groups in total. The molecular formula is C19H13ClN2O5S. The van der Waals surface area contributed by atoms with Crippen LogP contribution in [0.4, 0.5) is 11.4 Å². The summed E-state index contributed by atoms with van der Waals surface area (Å²) in [5.41, 5.74) is 0.496. The Morgan fingerprint density at radius 1 is 0.893 bits per heavy atom. The summed E-state index contributed by atoms with van der Waals surface area (Å²) >= 11 is 5.99. The molecule has 3 aromatic carbocycles. The van der Waals surface area contributed by atoms with E-state index in [0.29, 0.717) is 16.3 Å². The predicted molar refractivity (Wildman–Crippen MR) is 104 cm³/mol. The smallest absolute Gasteiger partial charge is 0.269 e. The number of nitrogens with one attached hydrogen (secondary N) is 1. The Kier molecular flexibility index (Phi) is 5.43. The van der Waals surface area contributed by atoms with Crippen LogP contribution in [0.3, 0.4) is 0 Å². The van der Waals surface area contributed by atoms with E-state index in [0.717, 1.165) is 12.1 Å². The van der Waals surface area contributed by atoms with Crippen LogP contribution in [0.15, 0.2) is 82.6 Å². The van der Waals surface area contributed by atoms with Gasteiger partial charge in [-0.15, -0.1) is 0 Å². The van der Waals surface area contributed by atoms with Gasteiger partial charge in [0.25, 0.3) is 11.6 Å². The van der Waals surface area contributed by atoms with E-state index in [-0.39, 0.29) is 15.5 Å². The molecule has 0 aromatic heterocycles. The molecule has 9 heteroatoms. The van der Waals surface area contributed by atoms with Crippen molar-refractivity contribution < 1.29 is 18.1 Å². The fourth-order valence-corrected chi connectivity index (χ4v) is 3.93. The second-order valence-corrected chi connectivity index (χ2v) is 8.07. The maximum absolute atomic E-state index is 12.6. The highest BCUT2D eigenvalue weighted by molar-refractivity contribution is 7.91. The number of non-ortho nitro benzene ring substituents is 1. The van der Waals surface area contributed by atoms with Crippen molar-refractivity contribution in [2.24, 2.45) is 0 Å². The Labute approximate surface area is 165 Å². The molecule has 0 aliphatic rings. The van der Waals surface area contributed by atoms with Crippen LogP contribution in [-0.4, -0.2) is 19.2 Å². The molecule has 0 atom stereocenters. The third-order valence-corrected chi connectivity index (χ3v) is 6.01. The average Bonchev–Trinajstić information content (AvgIpc) is 2.68. The van der Waals surface area contributed by atoms with Crippen LogP contribution in [-0.2, 0) is 9.84 Å². The van der Waals surface area contributed by atoms with Crippen molar-refractivity contribution in [2.45, 2.75) is 9.79 Å². The first-order chi connectivity index (χ1) is 13.3. The van der Waals surface area contributed by atoms with Crippen LogP contribution in [0.2, 0.25) is 5.02 Å². The molecule has 0 unspecified atom stereocenters. The summed E-state index contributed by atoms with van der Waals surface area (Å²) in [7, 11) is -3.84. The van der Waals surface area contributed by atoms with E-state index < -0.39 is 20.7 Å². The molecule has 0 bridgehead atoms. The van der Waals surface area contributed by atoms with E-state index in [1.807, 2.05) is 0 Å². The molecule has 142 valence electrons. The first-order valence-electron chi connectivity index (χ1n) is 7.94. The molecule has 0 radical (unpaired) electrons. The van der Waals surface area contributed by atoms with Gasteiger partial charge in [-0.25, -0.2) is 8.42 Å². The van der Waals surface area contributed by atoms with Gasteiger partial charge in [-0.1, -0.05) is 23.7 Å². The average molecular weight is 417 g/mol. The Morgan fingerprint density at radius 2 is 1.43 bits per heavy atom. The van der Waals surface area contributed by atoms with Crippen molar-refractivity contribution in [2.75, 3.05) is 5.32 Å². The van der Waals surface area contributed by atoms with E-state index in [4.69, 9.17) is 11.6 Å². The molecule has 0 aliphatic heterocycles. The summed E-state index contributed by atoms with van der Waals surface area (Å²) in [4.78, 5) is 22.3. The molecule has 28 heavy (non-hydrogen) atoms. The van der Waals surface area contributed by atoms with Gasteiger partial charge in [0.05, 0.1) is 25.3 Å². The third kappa shape index (κ3) is 4.03. The fourth-order valence-electron chi connectivity index (χ4n) is 2.44. The number of nitrogens with zero attached hydrogens (tertiary/aromatic N) is 1. The number of benzene rings is 3. The Morgan fingerprint density at radius 3 is 1.96 bits per heavy atom. The molecule has 1 amide bonds. The quantitative estimate of drug-likeness (QED) is 0.492. The summed E-state index contributed by atoms with van der Waals surface area (Å²) in [6.45, 7) is 0. The zero-order valence-electron chi connectivity index (χ0n) is 14.2. The van der Waals surface area contributed by atoms with Gasteiger partial charge in [0.15, 0.2) is 0 Å². The first kappa shape index (κ1) is 19.5.